The van der Waals surface area contributed by atoms with Gasteiger partial charge in [0.05, 0.1) is 19.3 Å². The third kappa shape index (κ3) is 4.58. The minimum atomic E-state index is -0.373. The summed E-state index contributed by atoms with van der Waals surface area (Å²) >= 11 is 0. The van der Waals surface area contributed by atoms with Crippen LogP contribution < -0.4 is 5.32 Å². The fraction of sp³-hybridized carbons (Fsp3) is 0.565. The lowest BCUT2D eigenvalue weighted by atomic mass is 9.74. The van der Waals surface area contributed by atoms with Gasteiger partial charge < -0.3 is 19.7 Å². The molecule has 1 aromatic heterocycles. The van der Waals surface area contributed by atoms with Gasteiger partial charge in [-0.1, -0.05) is 35.5 Å². The third-order valence-electron chi connectivity index (χ3n) is 6.63. The summed E-state index contributed by atoms with van der Waals surface area (Å²) in [6.07, 6.45) is 2.93. The Morgan fingerprint density at radius 2 is 1.97 bits per heavy atom. The molecule has 1 saturated heterocycles. The number of ether oxygens (including phenoxy) is 1. The summed E-state index contributed by atoms with van der Waals surface area (Å²) in [5.41, 5.74) is 1.28. The number of benzene rings is 1. The van der Waals surface area contributed by atoms with E-state index >= 15 is 0 Å². The number of nitrogens with one attached hydrogen (secondary N) is 1. The van der Waals surface area contributed by atoms with E-state index in [0.717, 1.165) is 45.6 Å². The van der Waals surface area contributed by atoms with Gasteiger partial charge in [-0.3, -0.25) is 9.69 Å². The number of hydrogen-bond donors (Lipinski definition) is 2. The zero-order valence-electron chi connectivity index (χ0n) is 17.5. The van der Waals surface area contributed by atoms with Gasteiger partial charge >= 0.3 is 0 Å². The molecule has 0 radical (unpaired) electrons. The molecule has 30 heavy (non-hydrogen) atoms. The normalized spacial score (nSPS) is 28.1. The van der Waals surface area contributed by atoms with Crippen molar-refractivity contribution >= 4 is 5.91 Å². The van der Waals surface area contributed by atoms with Crippen LogP contribution in [0.4, 0.5) is 0 Å². The molecule has 2 fully saturated rings. The van der Waals surface area contributed by atoms with Gasteiger partial charge in [0.1, 0.15) is 5.76 Å². The number of aryl methyl sites for hydroxylation is 1. The highest BCUT2D eigenvalue weighted by Gasteiger charge is 2.40. The Hall–Kier alpha value is -2.22. The molecular weight excluding hydrogens is 382 g/mol. The van der Waals surface area contributed by atoms with Gasteiger partial charge in [-0.2, -0.15) is 0 Å². The second-order valence-corrected chi connectivity index (χ2v) is 8.51. The molecule has 0 bridgehead atoms. The molecule has 4 rings (SSSR count). The lowest BCUT2D eigenvalue weighted by molar-refractivity contribution is -0.0236. The van der Waals surface area contributed by atoms with Crippen LogP contribution in [0.5, 0.6) is 0 Å². The lowest BCUT2D eigenvalue weighted by Gasteiger charge is -2.37. The Bertz CT molecular complexity index is 834. The zero-order chi connectivity index (χ0) is 21.0. The molecule has 2 N–H and O–H groups in total. The molecule has 7 heteroatoms. The Balaban J connectivity index is 1.53. The van der Waals surface area contributed by atoms with E-state index < -0.39 is 0 Å². The first-order valence-corrected chi connectivity index (χ1v) is 10.8. The van der Waals surface area contributed by atoms with Gasteiger partial charge in [0.15, 0.2) is 5.69 Å². The van der Waals surface area contributed by atoms with Crippen LogP contribution in [0, 0.1) is 6.92 Å². The van der Waals surface area contributed by atoms with Crippen LogP contribution in [0.1, 0.15) is 47.5 Å². The summed E-state index contributed by atoms with van der Waals surface area (Å²) in [5.74, 6) is 0.389. The molecule has 2 aliphatic rings. The predicted octanol–water partition coefficient (Wildman–Crippen LogP) is 2.29. The van der Waals surface area contributed by atoms with Crippen LogP contribution in [0.15, 0.2) is 40.9 Å². The Kier molecular flexibility index (Phi) is 6.51. The predicted molar refractivity (Wildman–Crippen MR) is 112 cm³/mol. The molecule has 1 aromatic carbocycles. The van der Waals surface area contributed by atoms with E-state index in [9.17, 15) is 9.90 Å². The standard InChI is InChI=1S/C23H31N3O4/c1-17-15-19(25-30-17)22(28)24-16-23(18-5-3-2-4-6-18)9-7-20(21(27)8-10-23)26-11-13-29-14-12-26/h2-6,15,20-21,27H,7-14,16H2,1H3,(H,24,28)/t20-,21-,23-/m1/s1. The zero-order valence-corrected chi connectivity index (χ0v) is 17.5. The highest BCUT2D eigenvalue weighted by Crippen LogP contribution is 2.39. The highest BCUT2D eigenvalue weighted by molar-refractivity contribution is 5.92. The highest BCUT2D eigenvalue weighted by atomic mass is 16.5. The second kappa shape index (κ2) is 9.29. The van der Waals surface area contributed by atoms with Crippen molar-refractivity contribution in [1.82, 2.24) is 15.4 Å². The van der Waals surface area contributed by atoms with Crippen molar-refractivity contribution in [2.45, 2.75) is 50.2 Å². The van der Waals surface area contributed by atoms with Gasteiger partial charge in [-0.05, 0) is 38.2 Å². The van der Waals surface area contributed by atoms with Gasteiger partial charge in [0.2, 0.25) is 0 Å². The number of morpholine rings is 1. The first kappa shape index (κ1) is 21.0. The minimum absolute atomic E-state index is 0.133. The molecule has 2 heterocycles. The second-order valence-electron chi connectivity index (χ2n) is 8.51. The lowest BCUT2D eigenvalue weighted by Crippen LogP contribution is -2.48. The summed E-state index contributed by atoms with van der Waals surface area (Å²) < 4.78 is 10.5. The number of rotatable bonds is 5. The molecule has 1 aliphatic carbocycles. The van der Waals surface area contributed by atoms with Crippen LogP contribution in [-0.4, -0.2) is 66.1 Å². The van der Waals surface area contributed by atoms with E-state index in [4.69, 9.17) is 9.26 Å². The van der Waals surface area contributed by atoms with Crippen molar-refractivity contribution < 1.29 is 19.2 Å². The maximum absolute atomic E-state index is 12.6. The van der Waals surface area contributed by atoms with Crippen molar-refractivity contribution in [2.75, 3.05) is 32.8 Å². The van der Waals surface area contributed by atoms with E-state index in [-0.39, 0.29) is 23.5 Å². The van der Waals surface area contributed by atoms with E-state index in [1.165, 1.54) is 5.56 Å². The van der Waals surface area contributed by atoms with Gasteiger partial charge in [0, 0.05) is 37.2 Å². The maximum atomic E-state index is 12.6. The van der Waals surface area contributed by atoms with Crippen molar-refractivity contribution in [1.29, 1.82) is 0 Å². The Labute approximate surface area is 177 Å². The summed E-state index contributed by atoms with van der Waals surface area (Å²) in [7, 11) is 0. The molecule has 1 aliphatic heterocycles. The number of hydrogen-bond acceptors (Lipinski definition) is 6. The van der Waals surface area contributed by atoms with E-state index in [2.05, 4.69) is 27.5 Å². The first-order chi connectivity index (χ1) is 14.6. The molecule has 1 amide bonds. The smallest absolute Gasteiger partial charge is 0.273 e. The van der Waals surface area contributed by atoms with Crippen LogP contribution in [0.3, 0.4) is 0 Å². The van der Waals surface area contributed by atoms with Gasteiger partial charge in [0.25, 0.3) is 5.91 Å². The maximum Gasteiger partial charge on any atom is 0.273 e. The average molecular weight is 414 g/mol. The molecular formula is C23H31N3O4. The summed E-state index contributed by atoms with van der Waals surface area (Å²) in [6, 6.07) is 12.1. The first-order valence-electron chi connectivity index (χ1n) is 10.8. The third-order valence-corrected chi connectivity index (χ3v) is 6.63. The largest absolute Gasteiger partial charge is 0.391 e. The SMILES string of the molecule is Cc1cc(C(=O)NC[C@]2(c3ccccc3)CC[C@@H](O)[C@H](N3CCOCC3)CC2)no1. The molecule has 162 valence electrons. The molecule has 1 saturated carbocycles. The summed E-state index contributed by atoms with van der Waals surface area (Å²) in [6.45, 7) is 5.45. The van der Waals surface area contributed by atoms with Gasteiger partial charge in [-0.15, -0.1) is 0 Å². The molecule has 0 unspecified atom stereocenters. The number of aliphatic hydroxyl groups excluding tert-OH is 1. The van der Waals surface area contributed by atoms with Crippen LogP contribution >= 0.6 is 0 Å². The van der Waals surface area contributed by atoms with E-state index in [0.29, 0.717) is 24.4 Å². The number of aromatic nitrogens is 1. The molecule has 7 nitrogen and oxygen atoms in total. The van der Waals surface area contributed by atoms with Crippen LogP contribution in [0.25, 0.3) is 0 Å². The number of nitrogens with zero attached hydrogens (tertiary/aromatic N) is 2. The average Bonchev–Trinajstić information content (AvgIpc) is 3.15. The molecule has 3 atom stereocenters. The minimum Gasteiger partial charge on any atom is -0.391 e. The van der Waals surface area contributed by atoms with Crippen LogP contribution in [0.2, 0.25) is 0 Å². The number of carbonyl (C=O) groups excluding carboxylic acids is 1. The summed E-state index contributed by atoms with van der Waals surface area (Å²) in [4.78, 5) is 15.0. The number of carbonyl (C=O) groups is 1. The van der Waals surface area contributed by atoms with Crippen LogP contribution in [-0.2, 0) is 10.2 Å². The topological polar surface area (TPSA) is 87.8 Å². The fourth-order valence-electron chi connectivity index (χ4n) is 4.87. The molecule has 0 spiro atoms. The van der Waals surface area contributed by atoms with Crippen molar-refractivity contribution in [3.63, 3.8) is 0 Å². The van der Waals surface area contributed by atoms with Crippen molar-refractivity contribution in [2.24, 2.45) is 0 Å². The van der Waals surface area contributed by atoms with E-state index in [1.807, 2.05) is 18.2 Å². The number of aliphatic hydroxyl groups is 1. The van der Waals surface area contributed by atoms with E-state index in [1.54, 1.807) is 13.0 Å². The van der Waals surface area contributed by atoms with Crippen molar-refractivity contribution in [3.8, 4) is 0 Å². The summed E-state index contributed by atoms with van der Waals surface area (Å²) in [5, 5.41) is 17.9. The quantitative estimate of drug-likeness (QED) is 0.732. The number of amides is 1. The Morgan fingerprint density at radius 1 is 1.23 bits per heavy atom. The monoisotopic (exact) mass is 413 g/mol. The van der Waals surface area contributed by atoms with Crippen molar-refractivity contribution in [3.05, 3.63) is 53.4 Å². The fourth-order valence-corrected chi connectivity index (χ4v) is 4.87. The van der Waals surface area contributed by atoms with Gasteiger partial charge in [-0.25, -0.2) is 0 Å². The molecule has 2 aromatic rings. The Morgan fingerprint density at radius 3 is 2.67 bits per heavy atom.